The summed E-state index contributed by atoms with van der Waals surface area (Å²) in [6.45, 7) is 0.454. The second kappa shape index (κ2) is 6.41. The van der Waals surface area contributed by atoms with E-state index >= 15 is 0 Å². The van der Waals surface area contributed by atoms with E-state index in [9.17, 15) is 4.79 Å². The normalized spacial score (nSPS) is 32.0. The van der Waals surface area contributed by atoms with Crippen molar-refractivity contribution in [2.24, 2.45) is 23.2 Å². The van der Waals surface area contributed by atoms with E-state index in [0.29, 0.717) is 6.54 Å². The fourth-order valence-electron chi connectivity index (χ4n) is 5.69. The van der Waals surface area contributed by atoms with Gasteiger partial charge in [0.15, 0.2) is 0 Å². The molecule has 4 bridgehead atoms. The second-order valence-corrected chi connectivity index (χ2v) is 8.62. The highest BCUT2D eigenvalue weighted by atomic mass is 16.2. The molecular formula is C22H28N2O. The molecule has 5 rings (SSSR count). The molecule has 0 aliphatic heterocycles. The van der Waals surface area contributed by atoms with Crippen molar-refractivity contribution in [1.29, 1.82) is 0 Å². The molecule has 1 aromatic rings. The maximum absolute atomic E-state index is 12.8. The Morgan fingerprint density at radius 3 is 2.16 bits per heavy atom. The molecule has 4 saturated carbocycles. The molecule has 3 nitrogen and oxygen atoms in total. The lowest BCUT2D eigenvalue weighted by molar-refractivity contribution is -0.145. The Labute approximate surface area is 151 Å². The summed E-state index contributed by atoms with van der Waals surface area (Å²) in [5.74, 6) is 8.95. The minimum absolute atomic E-state index is 0.0657. The zero-order valence-corrected chi connectivity index (χ0v) is 15.3. The number of nitrogens with one attached hydrogen (secondary N) is 1. The molecule has 1 aromatic carbocycles. The first-order chi connectivity index (χ1) is 12.0. The van der Waals surface area contributed by atoms with E-state index in [1.54, 1.807) is 0 Å². The molecule has 4 fully saturated rings. The number of carbonyl (C=O) groups excluding carboxylic acids is 1. The minimum Gasteiger partial charge on any atom is -0.378 e. The Balaban J connectivity index is 1.34. The van der Waals surface area contributed by atoms with Gasteiger partial charge in [0.05, 0.1) is 6.54 Å². The minimum atomic E-state index is -0.0657. The van der Waals surface area contributed by atoms with E-state index in [4.69, 9.17) is 0 Å². The molecule has 0 unspecified atom stereocenters. The second-order valence-electron chi connectivity index (χ2n) is 8.62. The first kappa shape index (κ1) is 16.5. The predicted molar refractivity (Wildman–Crippen MR) is 101 cm³/mol. The van der Waals surface area contributed by atoms with Crippen LogP contribution in [0.5, 0.6) is 0 Å². The van der Waals surface area contributed by atoms with E-state index < -0.39 is 0 Å². The number of benzene rings is 1. The zero-order valence-electron chi connectivity index (χ0n) is 15.3. The van der Waals surface area contributed by atoms with Gasteiger partial charge in [-0.1, -0.05) is 11.8 Å². The average Bonchev–Trinajstić information content (AvgIpc) is 2.57. The number of amides is 1. The highest BCUT2D eigenvalue weighted by Gasteiger charge is 2.54. The Morgan fingerprint density at radius 1 is 1.08 bits per heavy atom. The van der Waals surface area contributed by atoms with E-state index in [1.807, 2.05) is 26.2 Å². The molecule has 0 saturated heterocycles. The van der Waals surface area contributed by atoms with Crippen LogP contribution in [-0.2, 0) is 4.79 Å². The summed E-state index contributed by atoms with van der Waals surface area (Å²) in [4.78, 5) is 14.9. The van der Waals surface area contributed by atoms with Crippen LogP contribution < -0.4 is 10.2 Å². The number of carbonyl (C=O) groups is 1. The number of nitrogens with zero attached hydrogens (tertiary/aromatic N) is 1. The van der Waals surface area contributed by atoms with Gasteiger partial charge in [-0.3, -0.25) is 4.79 Å². The molecule has 132 valence electrons. The zero-order chi connectivity index (χ0) is 17.4. The number of anilines is 1. The molecule has 0 atom stereocenters. The van der Waals surface area contributed by atoms with E-state index in [0.717, 1.165) is 42.6 Å². The lowest BCUT2D eigenvalue weighted by atomic mass is 9.49. The fourth-order valence-corrected chi connectivity index (χ4v) is 5.69. The molecule has 0 heterocycles. The Morgan fingerprint density at radius 2 is 1.64 bits per heavy atom. The third-order valence-corrected chi connectivity index (χ3v) is 6.47. The Kier molecular flexibility index (Phi) is 4.23. The van der Waals surface area contributed by atoms with Gasteiger partial charge in [-0.25, -0.2) is 0 Å². The van der Waals surface area contributed by atoms with Gasteiger partial charge in [-0.2, -0.15) is 0 Å². The highest BCUT2D eigenvalue weighted by molar-refractivity contribution is 5.83. The fraction of sp³-hybridized carbons (Fsp3) is 0.591. The Hall–Kier alpha value is -1.95. The van der Waals surface area contributed by atoms with Crippen LogP contribution in [0.2, 0.25) is 0 Å². The summed E-state index contributed by atoms with van der Waals surface area (Å²) in [6.07, 6.45) is 7.46. The average molecular weight is 336 g/mol. The van der Waals surface area contributed by atoms with Crippen molar-refractivity contribution in [2.45, 2.75) is 38.5 Å². The predicted octanol–water partition coefficient (Wildman–Crippen LogP) is 3.44. The summed E-state index contributed by atoms with van der Waals surface area (Å²) in [6, 6.07) is 8.20. The van der Waals surface area contributed by atoms with E-state index in [-0.39, 0.29) is 11.3 Å². The van der Waals surface area contributed by atoms with Crippen molar-refractivity contribution < 1.29 is 4.79 Å². The van der Waals surface area contributed by atoms with Crippen molar-refractivity contribution in [3.63, 3.8) is 0 Å². The van der Waals surface area contributed by atoms with Crippen molar-refractivity contribution in [3.05, 3.63) is 29.8 Å². The number of hydrogen-bond donors (Lipinski definition) is 1. The van der Waals surface area contributed by atoms with Crippen LogP contribution in [0.3, 0.4) is 0 Å². The van der Waals surface area contributed by atoms with Crippen LogP contribution >= 0.6 is 0 Å². The van der Waals surface area contributed by atoms with Gasteiger partial charge in [0.2, 0.25) is 5.91 Å². The summed E-state index contributed by atoms with van der Waals surface area (Å²) < 4.78 is 0. The van der Waals surface area contributed by atoms with E-state index in [2.05, 4.69) is 34.2 Å². The standard InChI is InChI=1S/C22H28N2O/c1-24(2)20-7-5-16(6-8-20)4-3-9-23-21(25)22-13-17-10-18(14-22)12-19(11-17)15-22/h5-8,17-19H,9-15H2,1-2H3,(H,23,25). The maximum atomic E-state index is 12.8. The quantitative estimate of drug-likeness (QED) is 0.858. The first-order valence-electron chi connectivity index (χ1n) is 9.59. The first-order valence-corrected chi connectivity index (χ1v) is 9.59. The smallest absolute Gasteiger partial charge is 0.226 e. The summed E-state index contributed by atoms with van der Waals surface area (Å²) in [5.41, 5.74) is 2.10. The molecule has 1 amide bonds. The maximum Gasteiger partial charge on any atom is 0.226 e. The topological polar surface area (TPSA) is 32.3 Å². The van der Waals surface area contributed by atoms with Crippen LogP contribution in [0.4, 0.5) is 5.69 Å². The van der Waals surface area contributed by atoms with Gasteiger partial charge < -0.3 is 10.2 Å². The van der Waals surface area contributed by atoms with Gasteiger partial charge in [0, 0.05) is 30.8 Å². The molecule has 0 radical (unpaired) electrons. The molecule has 3 heteroatoms. The van der Waals surface area contributed by atoms with Crippen LogP contribution in [0, 0.1) is 35.0 Å². The third-order valence-electron chi connectivity index (χ3n) is 6.47. The van der Waals surface area contributed by atoms with Crippen molar-refractivity contribution in [2.75, 3.05) is 25.5 Å². The van der Waals surface area contributed by atoms with Gasteiger partial charge in [-0.15, -0.1) is 0 Å². The molecule has 0 aromatic heterocycles. The Bertz CT molecular complexity index is 672. The van der Waals surface area contributed by atoms with Crippen LogP contribution in [0.25, 0.3) is 0 Å². The molecule has 4 aliphatic rings. The van der Waals surface area contributed by atoms with Gasteiger partial charge in [0.25, 0.3) is 0 Å². The summed E-state index contributed by atoms with van der Waals surface area (Å²) in [7, 11) is 4.06. The molecule has 25 heavy (non-hydrogen) atoms. The SMILES string of the molecule is CN(C)c1ccc(C#CCNC(=O)C23CC4CC(CC(C4)C2)C3)cc1. The van der Waals surface area contributed by atoms with Crippen LogP contribution in [0.15, 0.2) is 24.3 Å². The molecular weight excluding hydrogens is 308 g/mol. The van der Waals surface area contributed by atoms with Gasteiger partial charge in [-0.05, 0) is 80.5 Å². The monoisotopic (exact) mass is 336 g/mol. The van der Waals surface area contributed by atoms with Crippen molar-refractivity contribution >= 4 is 11.6 Å². The van der Waals surface area contributed by atoms with Crippen molar-refractivity contribution in [1.82, 2.24) is 5.32 Å². The highest BCUT2D eigenvalue weighted by Crippen LogP contribution is 2.60. The summed E-state index contributed by atoms with van der Waals surface area (Å²) >= 11 is 0. The largest absolute Gasteiger partial charge is 0.378 e. The van der Waals surface area contributed by atoms with Gasteiger partial charge >= 0.3 is 0 Å². The lowest BCUT2D eigenvalue weighted by Crippen LogP contribution is -2.53. The lowest BCUT2D eigenvalue weighted by Gasteiger charge is -2.55. The summed E-state index contributed by atoms with van der Waals surface area (Å²) in [5, 5.41) is 3.12. The molecule has 0 spiro atoms. The van der Waals surface area contributed by atoms with Crippen molar-refractivity contribution in [3.8, 4) is 11.8 Å². The number of rotatable bonds is 3. The molecule has 4 aliphatic carbocycles. The number of hydrogen-bond acceptors (Lipinski definition) is 2. The van der Waals surface area contributed by atoms with Crippen LogP contribution in [-0.4, -0.2) is 26.5 Å². The van der Waals surface area contributed by atoms with Crippen LogP contribution in [0.1, 0.15) is 44.1 Å². The molecule has 1 N–H and O–H groups in total. The van der Waals surface area contributed by atoms with Gasteiger partial charge in [0.1, 0.15) is 0 Å². The third kappa shape index (κ3) is 3.27. The van der Waals surface area contributed by atoms with E-state index in [1.165, 1.54) is 24.9 Å².